The van der Waals surface area contributed by atoms with Crippen LogP contribution in [0.1, 0.15) is 0 Å². The predicted molar refractivity (Wildman–Crippen MR) is 73.1 cm³/mol. The molecule has 0 heterocycles. The Kier molecular flexibility index (Phi) is 4.09. The summed E-state index contributed by atoms with van der Waals surface area (Å²) in [6.07, 6.45) is -4.78. The first kappa shape index (κ1) is 14.5. The van der Waals surface area contributed by atoms with Gasteiger partial charge in [-0.2, -0.15) is 0 Å². The second-order valence-corrected chi connectivity index (χ2v) is 4.40. The number of halogens is 4. The number of nitrogens with one attached hydrogen (secondary N) is 1. The van der Waals surface area contributed by atoms with E-state index in [1.54, 1.807) is 43.4 Å². The van der Waals surface area contributed by atoms with Crippen molar-refractivity contribution in [2.45, 2.75) is 6.36 Å². The summed E-state index contributed by atoms with van der Waals surface area (Å²) in [6.45, 7) is 0. The topological polar surface area (TPSA) is 21.3 Å². The summed E-state index contributed by atoms with van der Waals surface area (Å²) in [5.41, 5.74) is 1.21. The average molecular weight is 302 g/mol. The third-order valence-electron chi connectivity index (χ3n) is 2.63. The van der Waals surface area contributed by atoms with Crippen LogP contribution in [0.4, 0.5) is 18.9 Å². The maximum atomic E-state index is 12.5. The van der Waals surface area contributed by atoms with Crippen LogP contribution in [0.2, 0.25) is 5.02 Å². The van der Waals surface area contributed by atoms with E-state index in [2.05, 4.69) is 10.1 Å². The molecule has 0 aliphatic heterocycles. The molecule has 20 heavy (non-hydrogen) atoms. The van der Waals surface area contributed by atoms with E-state index >= 15 is 0 Å². The molecule has 6 heteroatoms. The Labute approximate surface area is 119 Å². The number of anilines is 1. The molecule has 2 nitrogen and oxygen atoms in total. The maximum absolute atomic E-state index is 12.5. The highest BCUT2D eigenvalue weighted by atomic mass is 35.5. The smallest absolute Gasteiger partial charge is 0.405 e. The van der Waals surface area contributed by atoms with Gasteiger partial charge in [-0.05, 0) is 11.6 Å². The lowest BCUT2D eigenvalue weighted by molar-refractivity contribution is -0.274. The highest BCUT2D eigenvalue weighted by molar-refractivity contribution is 6.34. The molecule has 0 aromatic heterocycles. The van der Waals surface area contributed by atoms with Crippen molar-refractivity contribution in [1.29, 1.82) is 0 Å². The van der Waals surface area contributed by atoms with Crippen LogP contribution in [0.25, 0.3) is 11.1 Å². The van der Waals surface area contributed by atoms with Gasteiger partial charge in [0.15, 0.2) is 0 Å². The van der Waals surface area contributed by atoms with Gasteiger partial charge in [-0.15, -0.1) is 13.2 Å². The molecule has 2 aromatic carbocycles. The molecular formula is C14H11ClF3NO. The molecule has 0 aliphatic carbocycles. The number of benzene rings is 2. The highest BCUT2D eigenvalue weighted by Crippen LogP contribution is 2.41. The molecule has 2 aromatic rings. The minimum absolute atomic E-state index is 0.183. The molecule has 0 fully saturated rings. The number of hydrogen-bond donors (Lipinski definition) is 1. The summed E-state index contributed by atoms with van der Waals surface area (Å²) >= 11 is 6.09. The first-order valence-corrected chi connectivity index (χ1v) is 6.11. The standard InChI is InChI=1S/C14H11ClF3NO/c1-19-10-7-11(15)13(9-5-3-2-4-6-9)12(8-10)20-14(16,17)18/h2-8,19H,1H3. The monoisotopic (exact) mass is 301 g/mol. The third-order valence-corrected chi connectivity index (χ3v) is 2.93. The number of ether oxygens (including phenoxy) is 1. The molecule has 0 atom stereocenters. The second-order valence-electron chi connectivity index (χ2n) is 4.00. The summed E-state index contributed by atoms with van der Waals surface area (Å²) in [7, 11) is 1.59. The molecule has 0 amide bonds. The predicted octanol–water partition coefficient (Wildman–Crippen LogP) is 4.95. The zero-order valence-electron chi connectivity index (χ0n) is 10.5. The van der Waals surface area contributed by atoms with Crippen LogP contribution in [-0.4, -0.2) is 13.4 Å². The number of rotatable bonds is 3. The minimum atomic E-state index is -4.78. The third kappa shape index (κ3) is 3.36. The Hall–Kier alpha value is -1.88. The van der Waals surface area contributed by atoms with Crippen molar-refractivity contribution in [3.63, 3.8) is 0 Å². The Balaban J connectivity index is 2.59. The van der Waals surface area contributed by atoms with E-state index in [-0.39, 0.29) is 16.3 Å². The zero-order chi connectivity index (χ0) is 14.8. The van der Waals surface area contributed by atoms with E-state index in [0.29, 0.717) is 11.3 Å². The Morgan fingerprint density at radius 2 is 1.75 bits per heavy atom. The van der Waals surface area contributed by atoms with Gasteiger partial charge in [0, 0.05) is 24.4 Å². The first-order chi connectivity index (χ1) is 9.40. The van der Waals surface area contributed by atoms with E-state index in [1.807, 2.05) is 0 Å². The van der Waals surface area contributed by atoms with Gasteiger partial charge in [-0.1, -0.05) is 41.9 Å². The second kappa shape index (κ2) is 5.63. The molecule has 0 unspecified atom stereocenters. The van der Waals surface area contributed by atoms with E-state index in [0.717, 1.165) is 0 Å². The van der Waals surface area contributed by atoms with E-state index in [4.69, 9.17) is 11.6 Å². The van der Waals surface area contributed by atoms with Crippen molar-refractivity contribution >= 4 is 17.3 Å². The van der Waals surface area contributed by atoms with Gasteiger partial charge in [0.1, 0.15) is 5.75 Å². The Morgan fingerprint density at radius 1 is 1.10 bits per heavy atom. The molecule has 0 spiro atoms. The van der Waals surface area contributed by atoms with Crippen molar-refractivity contribution in [3.8, 4) is 16.9 Å². The molecule has 1 N–H and O–H groups in total. The molecule has 0 aliphatic rings. The fourth-order valence-electron chi connectivity index (χ4n) is 1.82. The molecule has 0 bridgehead atoms. The molecule has 0 radical (unpaired) electrons. The summed E-state index contributed by atoms with van der Waals surface area (Å²) in [5, 5.41) is 2.92. The lowest BCUT2D eigenvalue weighted by atomic mass is 10.0. The Morgan fingerprint density at radius 3 is 2.30 bits per heavy atom. The van der Waals surface area contributed by atoms with Crippen molar-refractivity contribution < 1.29 is 17.9 Å². The summed E-state index contributed by atoms with van der Waals surface area (Å²) in [4.78, 5) is 0. The summed E-state index contributed by atoms with van der Waals surface area (Å²) < 4.78 is 41.6. The molecule has 0 saturated carbocycles. The molecular weight excluding hydrogens is 291 g/mol. The van der Waals surface area contributed by atoms with Crippen LogP contribution in [0.5, 0.6) is 5.75 Å². The maximum Gasteiger partial charge on any atom is 0.573 e. The molecule has 0 saturated heterocycles. The largest absolute Gasteiger partial charge is 0.573 e. The highest BCUT2D eigenvalue weighted by Gasteiger charge is 2.33. The van der Waals surface area contributed by atoms with Crippen LogP contribution in [-0.2, 0) is 0 Å². The summed E-state index contributed by atoms with van der Waals surface area (Å²) in [5.74, 6) is -0.333. The van der Waals surface area contributed by atoms with Crippen LogP contribution in [0, 0.1) is 0 Å². The first-order valence-electron chi connectivity index (χ1n) is 5.73. The van der Waals surface area contributed by atoms with Crippen LogP contribution in [0.3, 0.4) is 0 Å². The van der Waals surface area contributed by atoms with Crippen molar-refractivity contribution in [2.75, 3.05) is 12.4 Å². The number of alkyl halides is 3. The lowest BCUT2D eigenvalue weighted by Crippen LogP contribution is -2.18. The van der Waals surface area contributed by atoms with Gasteiger partial charge in [-0.25, -0.2) is 0 Å². The average Bonchev–Trinajstić information content (AvgIpc) is 2.37. The van der Waals surface area contributed by atoms with Crippen molar-refractivity contribution in [2.24, 2.45) is 0 Å². The number of hydrogen-bond acceptors (Lipinski definition) is 2. The van der Waals surface area contributed by atoms with Gasteiger partial charge in [0.2, 0.25) is 0 Å². The summed E-state index contributed by atoms with van der Waals surface area (Å²) in [6, 6.07) is 11.4. The van der Waals surface area contributed by atoms with Gasteiger partial charge >= 0.3 is 6.36 Å². The van der Waals surface area contributed by atoms with Gasteiger partial charge in [-0.3, -0.25) is 0 Å². The van der Waals surface area contributed by atoms with Crippen molar-refractivity contribution in [1.82, 2.24) is 0 Å². The SMILES string of the molecule is CNc1cc(Cl)c(-c2ccccc2)c(OC(F)(F)F)c1. The fraction of sp³-hybridized carbons (Fsp3) is 0.143. The normalized spacial score (nSPS) is 11.2. The zero-order valence-corrected chi connectivity index (χ0v) is 11.2. The van der Waals surface area contributed by atoms with Crippen molar-refractivity contribution in [3.05, 3.63) is 47.5 Å². The van der Waals surface area contributed by atoms with E-state index < -0.39 is 6.36 Å². The molecule has 106 valence electrons. The van der Waals surface area contributed by atoms with E-state index in [1.165, 1.54) is 6.07 Å². The lowest BCUT2D eigenvalue weighted by Gasteiger charge is -2.16. The Bertz CT molecular complexity index is 599. The van der Waals surface area contributed by atoms with Gasteiger partial charge < -0.3 is 10.1 Å². The minimum Gasteiger partial charge on any atom is -0.405 e. The van der Waals surface area contributed by atoms with E-state index in [9.17, 15) is 13.2 Å². The molecule has 2 rings (SSSR count). The van der Waals surface area contributed by atoms with Crippen LogP contribution < -0.4 is 10.1 Å². The van der Waals surface area contributed by atoms with Gasteiger partial charge in [0.05, 0.1) is 5.02 Å². The quantitative estimate of drug-likeness (QED) is 0.866. The van der Waals surface area contributed by atoms with Crippen LogP contribution in [0.15, 0.2) is 42.5 Å². The van der Waals surface area contributed by atoms with Gasteiger partial charge in [0.25, 0.3) is 0 Å². The van der Waals surface area contributed by atoms with Crippen LogP contribution >= 0.6 is 11.6 Å². The fourth-order valence-corrected chi connectivity index (χ4v) is 2.14.